The maximum atomic E-state index is 14.3. The third-order valence-electron chi connectivity index (χ3n) is 4.42. The van der Waals surface area contributed by atoms with Gasteiger partial charge in [-0.15, -0.1) is 11.3 Å². The number of aryl methyl sites for hydroxylation is 1. The molecule has 0 saturated heterocycles. The maximum absolute atomic E-state index is 14.3. The first kappa shape index (κ1) is 19.0. The van der Waals surface area contributed by atoms with Crippen molar-refractivity contribution in [3.05, 3.63) is 88.6 Å². The van der Waals surface area contributed by atoms with E-state index in [-0.39, 0.29) is 24.0 Å². The van der Waals surface area contributed by atoms with Crippen LogP contribution < -0.4 is 10.1 Å². The Morgan fingerprint density at radius 2 is 2.03 bits per heavy atom. The number of amides is 1. The first-order valence-corrected chi connectivity index (χ1v) is 9.66. The van der Waals surface area contributed by atoms with Crippen LogP contribution in [0.1, 0.15) is 20.8 Å². The van der Waals surface area contributed by atoms with E-state index in [1.807, 2.05) is 0 Å². The van der Waals surface area contributed by atoms with Gasteiger partial charge in [-0.1, -0.05) is 6.07 Å². The molecular weight excluding hydrogens is 394 g/mol. The number of carbonyl (C=O) groups is 1. The lowest BCUT2D eigenvalue weighted by molar-refractivity contribution is 0.0954. The number of hydrogen-bond acceptors (Lipinski definition) is 4. The molecule has 4 rings (SSSR count). The highest BCUT2D eigenvalue weighted by Gasteiger charge is 2.16. The number of pyridine rings is 1. The van der Waals surface area contributed by atoms with E-state index >= 15 is 0 Å². The molecule has 0 spiro atoms. The van der Waals surface area contributed by atoms with Gasteiger partial charge in [-0.05, 0) is 65.9 Å². The minimum Gasteiger partial charge on any atom is -0.453 e. The van der Waals surface area contributed by atoms with E-state index < -0.39 is 5.82 Å². The van der Waals surface area contributed by atoms with Gasteiger partial charge < -0.3 is 10.1 Å². The van der Waals surface area contributed by atoms with Crippen LogP contribution in [0, 0.1) is 18.6 Å². The van der Waals surface area contributed by atoms with Crippen LogP contribution in [0.3, 0.4) is 0 Å². The molecule has 0 unspecified atom stereocenters. The second-order valence-corrected chi connectivity index (χ2v) is 7.49. The van der Waals surface area contributed by atoms with Crippen LogP contribution in [0.4, 0.5) is 8.78 Å². The van der Waals surface area contributed by atoms with Gasteiger partial charge in [-0.3, -0.25) is 9.78 Å². The van der Waals surface area contributed by atoms with E-state index in [1.54, 1.807) is 37.4 Å². The van der Waals surface area contributed by atoms with Gasteiger partial charge in [0.15, 0.2) is 11.6 Å². The first-order chi connectivity index (χ1) is 14.0. The Balaban J connectivity index is 1.45. The molecule has 2 aromatic carbocycles. The third kappa shape index (κ3) is 4.09. The lowest BCUT2D eigenvalue weighted by Gasteiger charge is -2.09. The zero-order chi connectivity index (χ0) is 20.4. The molecular formula is C22H16F2N2O2S. The lowest BCUT2D eigenvalue weighted by Crippen LogP contribution is -2.22. The van der Waals surface area contributed by atoms with Crippen molar-refractivity contribution in [2.75, 3.05) is 0 Å². The summed E-state index contributed by atoms with van der Waals surface area (Å²) in [5, 5.41) is 3.51. The van der Waals surface area contributed by atoms with Crippen molar-refractivity contribution >= 4 is 27.3 Å². The predicted molar refractivity (Wildman–Crippen MR) is 108 cm³/mol. The van der Waals surface area contributed by atoms with Crippen LogP contribution in [0.15, 0.2) is 60.9 Å². The number of carbonyl (C=O) groups excluding carboxylic acids is 1. The van der Waals surface area contributed by atoms with Crippen LogP contribution in [-0.4, -0.2) is 10.9 Å². The minimum atomic E-state index is -0.533. The van der Waals surface area contributed by atoms with Crippen LogP contribution in [-0.2, 0) is 6.54 Å². The zero-order valence-electron chi connectivity index (χ0n) is 15.4. The number of rotatable bonds is 5. The summed E-state index contributed by atoms with van der Waals surface area (Å²) >= 11 is 1.30. The Bertz CT molecular complexity index is 1190. The van der Waals surface area contributed by atoms with Crippen molar-refractivity contribution in [2.24, 2.45) is 0 Å². The summed E-state index contributed by atoms with van der Waals surface area (Å²) in [6.45, 7) is 1.95. The number of halogens is 2. The summed E-state index contributed by atoms with van der Waals surface area (Å²) in [5.41, 5.74) is 1.33. The van der Waals surface area contributed by atoms with Crippen molar-refractivity contribution in [3.8, 4) is 11.5 Å². The summed E-state index contributed by atoms with van der Waals surface area (Å²) in [7, 11) is 0. The number of benzene rings is 2. The van der Waals surface area contributed by atoms with Crippen molar-refractivity contribution in [1.82, 2.24) is 10.3 Å². The molecule has 29 heavy (non-hydrogen) atoms. The highest BCUT2D eigenvalue weighted by atomic mass is 32.1. The summed E-state index contributed by atoms with van der Waals surface area (Å²) < 4.78 is 34.1. The molecule has 2 aromatic heterocycles. The average Bonchev–Trinajstić information content (AvgIpc) is 3.05. The molecule has 1 N–H and O–H groups in total. The number of nitrogens with zero attached hydrogens (tertiary/aromatic N) is 1. The normalized spacial score (nSPS) is 10.9. The Kier molecular flexibility index (Phi) is 5.22. The van der Waals surface area contributed by atoms with E-state index in [4.69, 9.17) is 4.74 Å². The number of nitrogens with one attached hydrogen (secondary N) is 1. The standard InChI is InChI=1S/C22H16F2N2O2S/c1-13-17-10-15(23)5-7-20(17)29-21(13)22(27)26-11-14-4-6-19(18(24)9-14)28-16-3-2-8-25-12-16/h2-10,12H,11H2,1H3,(H,26,27). The Labute approximate surface area is 169 Å². The molecule has 2 heterocycles. The molecule has 0 fully saturated rings. The lowest BCUT2D eigenvalue weighted by atomic mass is 10.1. The number of thiophene rings is 1. The second-order valence-electron chi connectivity index (χ2n) is 6.43. The van der Waals surface area contributed by atoms with E-state index in [1.165, 1.54) is 41.8 Å². The molecule has 4 aromatic rings. The predicted octanol–water partition coefficient (Wildman–Crippen LogP) is 5.61. The van der Waals surface area contributed by atoms with Crippen molar-refractivity contribution in [3.63, 3.8) is 0 Å². The Hall–Kier alpha value is -3.32. The van der Waals surface area contributed by atoms with Gasteiger partial charge in [0, 0.05) is 17.4 Å². The summed E-state index contributed by atoms with van der Waals surface area (Å²) in [5.74, 6) is -0.636. The molecule has 0 aliphatic rings. The first-order valence-electron chi connectivity index (χ1n) is 8.84. The smallest absolute Gasteiger partial charge is 0.261 e. The fraction of sp³-hybridized carbons (Fsp3) is 0.0909. The fourth-order valence-electron chi connectivity index (χ4n) is 2.94. The monoisotopic (exact) mass is 410 g/mol. The van der Waals surface area contributed by atoms with Gasteiger partial charge in [0.1, 0.15) is 11.6 Å². The van der Waals surface area contributed by atoms with Gasteiger partial charge >= 0.3 is 0 Å². The molecule has 0 bridgehead atoms. The highest BCUT2D eigenvalue weighted by molar-refractivity contribution is 7.21. The molecule has 0 aliphatic carbocycles. The van der Waals surface area contributed by atoms with Gasteiger partial charge in [0.2, 0.25) is 0 Å². The SMILES string of the molecule is Cc1c(C(=O)NCc2ccc(Oc3cccnc3)c(F)c2)sc2ccc(F)cc12. The van der Waals surface area contributed by atoms with Gasteiger partial charge in [-0.2, -0.15) is 0 Å². The van der Waals surface area contributed by atoms with Crippen molar-refractivity contribution in [1.29, 1.82) is 0 Å². The maximum Gasteiger partial charge on any atom is 0.261 e. The minimum absolute atomic E-state index is 0.0791. The second kappa shape index (κ2) is 7.97. The molecule has 0 radical (unpaired) electrons. The van der Waals surface area contributed by atoms with Crippen molar-refractivity contribution < 1.29 is 18.3 Å². The molecule has 0 atom stereocenters. The summed E-state index contributed by atoms with van der Waals surface area (Å²) in [6.07, 6.45) is 3.09. The highest BCUT2D eigenvalue weighted by Crippen LogP contribution is 2.31. The third-order valence-corrected chi connectivity index (χ3v) is 5.69. The van der Waals surface area contributed by atoms with Crippen molar-refractivity contribution in [2.45, 2.75) is 13.5 Å². The Morgan fingerprint density at radius 1 is 1.17 bits per heavy atom. The number of ether oxygens (including phenoxy) is 1. The van der Waals surface area contributed by atoms with E-state index in [0.717, 1.165) is 15.6 Å². The largest absolute Gasteiger partial charge is 0.453 e. The number of fused-ring (bicyclic) bond motifs is 1. The summed E-state index contributed by atoms with van der Waals surface area (Å²) in [6, 6.07) is 12.3. The molecule has 4 nitrogen and oxygen atoms in total. The number of aromatic nitrogens is 1. The topological polar surface area (TPSA) is 51.2 Å². The van der Waals surface area contributed by atoms with E-state index in [2.05, 4.69) is 10.3 Å². The molecule has 146 valence electrons. The van der Waals surface area contributed by atoms with Crippen LogP contribution in [0.25, 0.3) is 10.1 Å². The zero-order valence-corrected chi connectivity index (χ0v) is 16.2. The van der Waals surface area contributed by atoms with Crippen LogP contribution in [0.2, 0.25) is 0 Å². The quantitative estimate of drug-likeness (QED) is 0.466. The van der Waals surface area contributed by atoms with E-state index in [0.29, 0.717) is 16.2 Å². The molecule has 1 amide bonds. The summed E-state index contributed by atoms with van der Waals surface area (Å²) in [4.78, 5) is 17.0. The molecule has 0 aliphatic heterocycles. The van der Waals surface area contributed by atoms with Crippen LogP contribution in [0.5, 0.6) is 11.5 Å². The fourth-order valence-corrected chi connectivity index (χ4v) is 4.05. The molecule has 7 heteroatoms. The molecule has 0 saturated carbocycles. The van der Waals surface area contributed by atoms with Gasteiger partial charge in [-0.25, -0.2) is 8.78 Å². The van der Waals surface area contributed by atoms with Gasteiger partial charge in [0.25, 0.3) is 5.91 Å². The van der Waals surface area contributed by atoms with E-state index in [9.17, 15) is 13.6 Å². The number of hydrogen-bond donors (Lipinski definition) is 1. The average molecular weight is 410 g/mol. The van der Waals surface area contributed by atoms with Gasteiger partial charge in [0.05, 0.1) is 11.1 Å². The Morgan fingerprint density at radius 3 is 2.79 bits per heavy atom. The van der Waals surface area contributed by atoms with Crippen LogP contribution >= 0.6 is 11.3 Å².